The van der Waals surface area contributed by atoms with Gasteiger partial charge in [-0.15, -0.1) is 12.4 Å². The molecule has 6 heteroatoms. The zero-order chi connectivity index (χ0) is 12.3. The smallest absolute Gasteiger partial charge is 0.326 e. The average Bonchev–Trinajstić information content (AvgIpc) is 2.27. The van der Waals surface area contributed by atoms with Crippen molar-refractivity contribution in [3.63, 3.8) is 0 Å². The van der Waals surface area contributed by atoms with Crippen LogP contribution in [0.2, 0.25) is 0 Å². The van der Waals surface area contributed by atoms with Gasteiger partial charge < -0.3 is 15.7 Å². The van der Waals surface area contributed by atoms with Gasteiger partial charge in [0.05, 0.1) is 0 Å². The minimum atomic E-state index is -0.893. The minimum Gasteiger partial charge on any atom is -0.480 e. The summed E-state index contributed by atoms with van der Waals surface area (Å²) in [5.41, 5.74) is 6.68. The predicted molar refractivity (Wildman–Crippen MR) is 70.2 cm³/mol. The van der Waals surface area contributed by atoms with Crippen molar-refractivity contribution >= 4 is 29.9 Å². The fourth-order valence-electron chi connectivity index (χ4n) is 1.28. The van der Waals surface area contributed by atoms with Gasteiger partial charge in [-0.25, -0.2) is 4.79 Å². The number of nitrogens with zero attached hydrogens (tertiary/aromatic N) is 1. The molecule has 0 saturated heterocycles. The molecule has 0 heterocycles. The Morgan fingerprint density at radius 2 is 2.12 bits per heavy atom. The third kappa shape index (κ3) is 3.64. The Morgan fingerprint density at radius 1 is 1.53 bits per heavy atom. The summed E-state index contributed by atoms with van der Waals surface area (Å²) in [5.74, 6) is -0.922. The van der Waals surface area contributed by atoms with Crippen molar-refractivity contribution in [2.75, 3.05) is 11.9 Å². The molecule has 0 fully saturated rings. The molecule has 0 aliphatic carbocycles. The van der Waals surface area contributed by atoms with Crippen LogP contribution in [0.4, 0.5) is 5.69 Å². The minimum absolute atomic E-state index is 0. The summed E-state index contributed by atoms with van der Waals surface area (Å²) in [7, 11) is 1.69. The number of nitrogen functional groups attached to an aromatic ring is 1. The molecule has 0 aliphatic heterocycles. The number of carbonyl (C=O) groups is 1. The highest BCUT2D eigenvalue weighted by atomic mass is 35.5. The molecule has 1 rings (SSSR count). The number of carboxylic acids is 1. The lowest BCUT2D eigenvalue weighted by atomic mass is 10.1. The van der Waals surface area contributed by atoms with E-state index in [9.17, 15) is 4.79 Å². The van der Waals surface area contributed by atoms with E-state index in [1.54, 1.807) is 43.1 Å². The van der Waals surface area contributed by atoms with Gasteiger partial charge in [-0.2, -0.15) is 0 Å². The number of halogens is 1. The van der Waals surface area contributed by atoms with Crippen LogP contribution in [0.25, 0.3) is 0 Å². The van der Waals surface area contributed by atoms with Crippen LogP contribution in [-0.4, -0.2) is 30.0 Å². The molecule has 4 N–H and O–H groups in total. The predicted octanol–water partition coefficient (Wildman–Crippen LogP) is 1.30. The molecule has 1 aromatic rings. The Hall–Kier alpha value is -1.75. The van der Waals surface area contributed by atoms with Crippen LogP contribution in [0.3, 0.4) is 0 Å². The van der Waals surface area contributed by atoms with Crippen LogP contribution in [0.15, 0.2) is 24.3 Å². The fraction of sp³-hybridized carbons (Fsp3) is 0.273. The highest BCUT2D eigenvalue weighted by Crippen LogP contribution is 2.16. The SMILES string of the molecule is C[C@@H](C(=O)O)N(C)c1cccc(C(=N)N)c1.Cl. The van der Waals surface area contributed by atoms with Crippen LogP contribution in [0.5, 0.6) is 0 Å². The van der Waals surface area contributed by atoms with Crippen molar-refractivity contribution < 1.29 is 9.90 Å². The third-order valence-corrected chi connectivity index (χ3v) is 2.50. The molecule has 0 amide bonds. The average molecular weight is 258 g/mol. The van der Waals surface area contributed by atoms with E-state index in [1.165, 1.54) is 0 Å². The van der Waals surface area contributed by atoms with Gasteiger partial charge in [-0.1, -0.05) is 12.1 Å². The van der Waals surface area contributed by atoms with Gasteiger partial charge >= 0.3 is 5.97 Å². The first-order valence-electron chi connectivity index (χ1n) is 4.83. The van der Waals surface area contributed by atoms with E-state index in [-0.39, 0.29) is 18.2 Å². The molecule has 1 atom stereocenters. The number of nitrogens with two attached hydrogens (primary N) is 1. The van der Waals surface area contributed by atoms with Gasteiger partial charge in [-0.05, 0) is 19.1 Å². The molecular weight excluding hydrogens is 242 g/mol. The van der Waals surface area contributed by atoms with E-state index in [1.807, 2.05) is 0 Å². The second-order valence-corrected chi connectivity index (χ2v) is 3.59. The number of benzene rings is 1. The largest absolute Gasteiger partial charge is 0.480 e. The van der Waals surface area contributed by atoms with Gasteiger partial charge in [0.15, 0.2) is 0 Å². The lowest BCUT2D eigenvalue weighted by molar-refractivity contribution is -0.138. The van der Waals surface area contributed by atoms with Gasteiger partial charge in [0.25, 0.3) is 0 Å². The van der Waals surface area contributed by atoms with E-state index >= 15 is 0 Å². The van der Waals surface area contributed by atoms with Crippen LogP contribution in [0, 0.1) is 5.41 Å². The number of nitrogens with one attached hydrogen (secondary N) is 1. The molecule has 0 aliphatic rings. The van der Waals surface area contributed by atoms with Crippen molar-refractivity contribution in [3.8, 4) is 0 Å². The molecule has 94 valence electrons. The van der Waals surface area contributed by atoms with Gasteiger partial charge in [0.2, 0.25) is 0 Å². The number of hydrogen-bond donors (Lipinski definition) is 3. The lowest BCUT2D eigenvalue weighted by Gasteiger charge is -2.24. The Kier molecular flexibility index (Phi) is 5.47. The molecule has 17 heavy (non-hydrogen) atoms. The third-order valence-electron chi connectivity index (χ3n) is 2.50. The topological polar surface area (TPSA) is 90.4 Å². The van der Waals surface area contributed by atoms with Gasteiger partial charge in [0.1, 0.15) is 11.9 Å². The lowest BCUT2D eigenvalue weighted by Crippen LogP contribution is -2.35. The van der Waals surface area contributed by atoms with Crippen molar-refractivity contribution in [2.24, 2.45) is 5.73 Å². The summed E-state index contributed by atoms with van der Waals surface area (Å²) in [4.78, 5) is 12.4. The van der Waals surface area contributed by atoms with E-state index in [0.717, 1.165) is 5.69 Å². The zero-order valence-electron chi connectivity index (χ0n) is 9.68. The molecule has 0 saturated carbocycles. The number of rotatable bonds is 4. The normalized spacial score (nSPS) is 11.2. The summed E-state index contributed by atoms with van der Waals surface area (Å²) in [6, 6.07) is 6.32. The molecule has 0 bridgehead atoms. The summed E-state index contributed by atoms with van der Waals surface area (Å²) in [5, 5.41) is 16.2. The van der Waals surface area contributed by atoms with E-state index in [4.69, 9.17) is 16.2 Å². The molecule has 1 aromatic carbocycles. The number of amidine groups is 1. The highest BCUT2D eigenvalue weighted by molar-refractivity contribution is 5.96. The molecular formula is C11H16ClN3O2. The monoisotopic (exact) mass is 257 g/mol. The van der Waals surface area contributed by atoms with E-state index < -0.39 is 12.0 Å². The molecule has 0 radical (unpaired) electrons. The quantitative estimate of drug-likeness (QED) is 0.560. The molecule has 0 unspecified atom stereocenters. The molecule has 0 spiro atoms. The van der Waals surface area contributed by atoms with Crippen LogP contribution < -0.4 is 10.6 Å². The van der Waals surface area contributed by atoms with Gasteiger partial charge in [0, 0.05) is 18.3 Å². The van der Waals surface area contributed by atoms with Crippen LogP contribution in [-0.2, 0) is 4.79 Å². The summed E-state index contributed by atoms with van der Waals surface area (Å²) in [6.07, 6.45) is 0. The maximum atomic E-state index is 10.8. The number of aliphatic carboxylic acids is 1. The Labute approximate surface area is 106 Å². The fourth-order valence-corrected chi connectivity index (χ4v) is 1.28. The Bertz CT molecular complexity index is 423. The first-order valence-corrected chi connectivity index (χ1v) is 4.83. The second-order valence-electron chi connectivity index (χ2n) is 3.59. The Morgan fingerprint density at radius 3 is 2.59 bits per heavy atom. The Balaban J connectivity index is 0.00000256. The summed E-state index contributed by atoms with van der Waals surface area (Å²) < 4.78 is 0. The summed E-state index contributed by atoms with van der Waals surface area (Å²) >= 11 is 0. The van der Waals surface area contributed by atoms with Crippen molar-refractivity contribution in [1.82, 2.24) is 0 Å². The first-order chi connectivity index (χ1) is 7.43. The second kappa shape index (κ2) is 6.10. The van der Waals surface area contributed by atoms with Crippen molar-refractivity contribution in [2.45, 2.75) is 13.0 Å². The highest BCUT2D eigenvalue weighted by Gasteiger charge is 2.17. The van der Waals surface area contributed by atoms with E-state index in [0.29, 0.717) is 5.56 Å². The summed E-state index contributed by atoms with van der Waals surface area (Å²) in [6.45, 7) is 1.60. The van der Waals surface area contributed by atoms with Crippen molar-refractivity contribution in [1.29, 1.82) is 5.41 Å². The van der Waals surface area contributed by atoms with Crippen LogP contribution in [0.1, 0.15) is 12.5 Å². The van der Waals surface area contributed by atoms with Crippen molar-refractivity contribution in [3.05, 3.63) is 29.8 Å². The number of anilines is 1. The maximum absolute atomic E-state index is 10.8. The number of hydrogen-bond acceptors (Lipinski definition) is 3. The molecule has 5 nitrogen and oxygen atoms in total. The van der Waals surface area contributed by atoms with Crippen LogP contribution >= 0.6 is 12.4 Å². The standard InChI is InChI=1S/C11H15N3O2.ClH/c1-7(11(15)16)14(2)9-5-3-4-8(6-9)10(12)13;/h3-7H,1-2H3,(H3,12,13)(H,15,16);1H/t7-;/m0./s1. The zero-order valence-corrected chi connectivity index (χ0v) is 10.5. The number of carboxylic acid groups (broad SMARTS) is 1. The number of likely N-dealkylation sites (N-methyl/N-ethyl adjacent to an activating group) is 1. The first kappa shape index (κ1) is 15.2. The maximum Gasteiger partial charge on any atom is 0.326 e. The molecule has 0 aromatic heterocycles. The van der Waals surface area contributed by atoms with E-state index in [2.05, 4.69) is 0 Å². The van der Waals surface area contributed by atoms with Gasteiger partial charge in [-0.3, -0.25) is 5.41 Å².